The van der Waals surface area contributed by atoms with E-state index < -0.39 is 0 Å². The molecule has 1 aliphatic rings. The first-order valence-corrected chi connectivity index (χ1v) is 9.87. The molecule has 0 aliphatic heterocycles. The van der Waals surface area contributed by atoms with Gasteiger partial charge in [-0.15, -0.1) is 5.10 Å². The van der Waals surface area contributed by atoms with Gasteiger partial charge in [-0.2, -0.15) is 5.10 Å². The first-order valence-electron chi connectivity index (χ1n) is 9.87. The Hall–Kier alpha value is -3.09. The highest BCUT2D eigenvalue weighted by atomic mass is 16.5. The van der Waals surface area contributed by atoms with Gasteiger partial charge in [0.1, 0.15) is 11.6 Å². The fourth-order valence-electron chi connectivity index (χ4n) is 4.11. The molecule has 1 saturated carbocycles. The summed E-state index contributed by atoms with van der Waals surface area (Å²) in [6.45, 7) is 2.30. The van der Waals surface area contributed by atoms with E-state index in [1.165, 1.54) is 12.8 Å². The van der Waals surface area contributed by atoms with Gasteiger partial charge in [0.05, 0.1) is 16.4 Å². The Labute approximate surface area is 163 Å². The number of anilines is 2. The quantitative estimate of drug-likeness (QED) is 0.546. The van der Waals surface area contributed by atoms with Crippen LogP contribution in [0.3, 0.4) is 0 Å². The second-order valence-corrected chi connectivity index (χ2v) is 7.77. The summed E-state index contributed by atoms with van der Waals surface area (Å²) < 4.78 is 8.16. The van der Waals surface area contributed by atoms with Crippen LogP contribution in [0.4, 0.5) is 11.5 Å². The van der Waals surface area contributed by atoms with Gasteiger partial charge >= 0.3 is 0 Å². The van der Waals surface area contributed by atoms with Crippen LogP contribution in [0.15, 0.2) is 36.5 Å². The molecule has 28 heavy (non-hydrogen) atoms. The minimum atomic E-state index is 0.265. The molecule has 3 aromatic heterocycles. The van der Waals surface area contributed by atoms with Crippen molar-refractivity contribution in [2.24, 2.45) is 13.0 Å². The number of aromatic nitrogens is 5. The second kappa shape index (κ2) is 6.82. The number of rotatable bonds is 4. The molecule has 1 fully saturated rings. The van der Waals surface area contributed by atoms with Crippen molar-refractivity contribution in [1.82, 2.24) is 25.0 Å². The van der Waals surface area contributed by atoms with E-state index in [9.17, 15) is 0 Å². The number of ether oxygens (including phenoxy) is 1. The van der Waals surface area contributed by atoms with Crippen LogP contribution in [0.2, 0.25) is 0 Å². The number of aryl methyl sites for hydroxylation is 1. The maximum absolute atomic E-state index is 6.28. The number of aromatic amines is 1. The van der Waals surface area contributed by atoms with Crippen molar-refractivity contribution >= 4 is 33.4 Å². The first kappa shape index (κ1) is 17.0. The Morgan fingerprint density at radius 1 is 1.25 bits per heavy atom. The molecule has 0 bridgehead atoms. The van der Waals surface area contributed by atoms with Crippen molar-refractivity contribution in [1.29, 1.82) is 0 Å². The summed E-state index contributed by atoms with van der Waals surface area (Å²) in [4.78, 5) is 4.40. The third kappa shape index (κ3) is 3.06. The van der Waals surface area contributed by atoms with Crippen LogP contribution in [0.5, 0.6) is 5.88 Å². The molecule has 5 rings (SSSR count). The number of pyridine rings is 1. The van der Waals surface area contributed by atoms with Crippen LogP contribution in [-0.2, 0) is 7.05 Å². The van der Waals surface area contributed by atoms with E-state index >= 15 is 0 Å². The Morgan fingerprint density at radius 3 is 3.07 bits per heavy atom. The molecular formula is C21H24N6O. The van der Waals surface area contributed by atoms with Gasteiger partial charge in [0.15, 0.2) is 5.82 Å². The molecule has 0 amide bonds. The van der Waals surface area contributed by atoms with E-state index in [-0.39, 0.29) is 6.10 Å². The van der Waals surface area contributed by atoms with Gasteiger partial charge in [0.2, 0.25) is 5.88 Å². The summed E-state index contributed by atoms with van der Waals surface area (Å²) in [5.41, 5.74) is 3.69. The van der Waals surface area contributed by atoms with Crippen molar-refractivity contribution in [3.8, 4) is 5.88 Å². The summed E-state index contributed by atoms with van der Waals surface area (Å²) in [7, 11) is 1.95. The molecule has 0 radical (unpaired) electrons. The Bertz CT molecular complexity index is 1130. The highest BCUT2D eigenvalue weighted by Crippen LogP contribution is 2.32. The predicted octanol–water partition coefficient (Wildman–Crippen LogP) is 4.55. The van der Waals surface area contributed by atoms with Gasteiger partial charge in [-0.1, -0.05) is 13.3 Å². The number of hydrogen-bond donors (Lipinski definition) is 2. The van der Waals surface area contributed by atoms with Crippen molar-refractivity contribution in [2.75, 3.05) is 5.32 Å². The SMILES string of the molecule is CC1CCCC(Oc2nn(C)c3cc(Nc4n[nH]c5cccnc45)ccc23)C1. The average Bonchev–Trinajstić information content (AvgIpc) is 3.23. The van der Waals surface area contributed by atoms with E-state index in [1.807, 2.05) is 29.9 Å². The fourth-order valence-corrected chi connectivity index (χ4v) is 4.11. The molecule has 144 valence electrons. The minimum Gasteiger partial charge on any atom is -0.473 e. The van der Waals surface area contributed by atoms with Gasteiger partial charge < -0.3 is 10.1 Å². The monoisotopic (exact) mass is 376 g/mol. The molecule has 7 nitrogen and oxygen atoms in total. The molecule has 2 N–H and O–H groups in total. The van der Waals surface area contributed by atoms with Crippen LogP contribution >= 0.6 is 0 Å². The topological polar surface area (TPSA) is 80.6 Å². The predicted molar refractivity (Wildman–Crippen MR) is 110 cm³/mol. The van der Waals surface area contributed by atoms with Crippen molar-refractivity contribution in [3.05, 3.63) is 36.5 Å². The Morgan fingerprint density at radius 2 is 2.18 bits per heavy atom. The van der Waals surface area contributed by atoms with Crippen LogP contribution in [-0.4, -0.2) is 31.1 Å². The average molecular weight is 376 g/mol. The summed E-state index contributed by atoms with van der Waals surface area (Å²) in [5, 5.41) is 16.4. The highest BCUT2D eigenvalue weighted by Gasteiger charge is 2.22. The summed E-state index contributed by atoms with van der Waals surface area (Å²) in [5.74, 6) is 2.17. The summed E-state index contributed by atoms with van der Waals surface area (Å²) >= 11 is 0. The van der Waals surface area contributed by atoms with E-state index in [1.54, 1.807) is 6.20 Å². The molecule has 1 aliphatic carbocycles. The molecule has 4 aromatic rings. The number of nitrogens with one attached hydrogen (secondary N) is 2. The van der Waals surface area contributed by atoms with Gasteiger partial charge in [-0.05, 0) is 55.5 Å². The van der Waals surface area contributed by atoms with E-state index in [2.05, 4.69) is 44.7 Å². The minimum absolute atomic E-state index is 0.265. The first-order chi connectivity index (χ1) is 13.7. The van der Waals surface area contributed by atoms with Gasteiger partial charge in [0.25, 0.3) is 0 Å². The number of benzene rings is 1. The van der Waals surface area contributed by atoms with Crippen molar-refractivity contribution < 1.29 is 4.74 Å². The Balaban J connectivity index is 1.42. The zero-order valence-corrected chi connectivity index (χ0v) is 16.1. The molecule has 7 heteroatoms. The van der Waals surface area contributed by atoms with Crippen LogP contribution in [0.25, 0.3) is 21.9 Å². The van der Waals surface area contributed by atoms with Crippen LogP contribution in [0.1, 0.15) is 32.6 Å². The number of H-pyrrole nitrogens is 1. The summed E-state index contributed by atoms with van der Waals surface area (Å²) in [6.07, 6.45) is 6.78. The lowest BCUT2D eigenvalue weighted by molar-refractivity contribution is 0.124. The van der Waals surface area contributed by atoms with E-state index in [4.69, 9.17) is 4.74 Å². The Kier molecular flexibility index (Phi) is 4.15. The molecule has 1 aromatic carbocycles. The lowest BCUT2D eigenvalue weighted by Gasteiger charge is -2.26. The fraction of sp³-hybridized carbons (Fsp3) is 0.381. The van der Waals surface area contributed by atoms with E-state index in [0.29, 0.717) is 5.82 Å². The zero-order chi connectivity index (χ0) is 19.1. The highest BCUT2D eigenvalue weighted by molar-refractivity contribution is 5.91. The van der Waals surface area contributed by atoms with Crippen LogP contribution < -0.4 is 10.1 Å². The number of nitrogens with zero attached hydrogens (tertiary/aromatic N) is 4. The molecule has 2 atom stereocenters. The lowest BCUT2D eigenvalue weighted by Crippen LogP contribution is -2.24. The second-order valence-electron chi connectivity index (χ2n) is 7.77. The number of hydrogen-bond acceptors (Lipinski definition) is 5. The van der Waals surface area contributed by atoms with Gasteiger partial charge in [-0.25, -0.2) is 0 Å². The smallest absolute Gasteiger partial charge is 0.241 e. The third-order valence-electron chi connectivity index (χ3n) is 5.57. The largest absolute Gasteiger partial charge is 0.473 e. The molecule has 3 heterocycles. The summed E-state index contributed by atoms with van der Waals surface area (Å²) in [6, 6.07) is 10.0. The zero-order valence-electron chi connectivity index (χ0n) is 16.1. The standard InChI is InChI=1S/C21H24N6O/c1-13-5-3-6-15(11-13)28-21-16-9-8-14(12-18(16)27(2)26-21)23-20-19-17(24-25-20)7-4-10-22-19/h4,7-10,12-13,15H,3,5-6,11H2,1-2H3,(H2,23,24,25). The van der Waals surface area contributed by atoms with Crippen molar-refractivity contribution in [3.63, 3.8) is 0 Å². The normalized spacial score (nSPS) is 19.9. The number of fused-ring (bicyclic) bond motifs is 2. The maximum atomic E-state index is 6.28. The van der Waals surface area contributed by atoms with Crippen LogP contribution in [0, 0.1) is 5.92 Å². The van der Waals surface area contributed by atoms with Gasteiger partial charge in [-0.3, -0.25) is 14.8 Å². The molecule has 0 saturated heterocycles. The molecule has 0 spiro atoms. The van der Waals surface area contributed by atoms with Gasteiger partial charge in [0, 0.05) is 18.9 Å². The third-order valence-corrected chi connectivity index (χ3v) is 5.57. The lowest BCUT2D eigenvalue weighted by atomic mass is 9.89. The molecule has 2 unspecified atom stereocenters. The van der Waals surface area contributed by atoms with E-state index in [0.717, 1.165) is 52.3 Å². The van der Waals surface area contributed by atoms with Crippen molar-refractivity contribution in [2.45, 2.75) is 38.7 Å². The molecular weight excluding hydrogens is 352 g/mol. The maximum Gasteiger partial charge on any atom is 0.241 e.